The van der Waals surface area contributed by atoms with E-state index < -0.39 is 11.7 Å². The molecule has 1 aliphatic heterocycles. The molecule has 20 heavy (non-hydrogen) atoms. The Labute approximate surface area is 128 Å². The number of amides is 1. The van der Waals surface area contributed by atoms with Gasteiger partial charge in [0.2, 0.25) is 0 Å². The molecule has 110 valence electrons. The van der Waals surface area contributed by atoms with Crippen molar-refractivity contribution in [2.45, 2.75) is 38.8 Å². The second kappa shape index (κ2) is 5.43. The lowest BCUT2D eigenvalue weighted by Crippen LogP contribution is -2.41. The van der Waals surface area contributed by atoms with E-state index in [2.05, 4.69) is 0 Å². The van der Waals surface area contributed by atoms with Crippen molar-refractivity contribution in [3.8, 4) is 0 Å². The Kier molecular flexibility index (Phi) is 4.19. The molecule has 1 aliphatic rings. The van der Waals surface area contributed by atoms with Gasteiger partial charge in [-0.15, -0.1) is 0 Å². The van der Waals surface area contributed by atoms with E-state index in [0.29, 0.717) is 28.7 Å². The summed E-state index contributed by atoms with van der Waals surface area (Å²) < 4.78 is 5.41. The molecule has 0 bridgehead atoms. The van der Waals surface area contributed by atoms with Gasteiger partial charge in [-0.1, -0.05) is 23.2 Å². The van der Waals surface area contributed by atoms with Crippen molar-refractivity contribution in [3.63, 3.8) is 0 Å². The summed E-state index contributed by atoms with van der Waals surface area (Å²) in [5, 5.41) is 0.949. The highest BCUT2D eigenvalue weighted by atomic mass is 35.5. The molecule has 0 saturated carbocycles. The molecule has 4 nitrogen and oxygen atoms in total. The number of rotatable bonds is 0. The minimum Gasteiger partial charge on any atom is -0.443 e. The topological polar surface area (TPSA) is 55.6 Å². The van der Waals surface area contributed by atoms with Crippen LogP contribution in [0.3, 0.4) is 0 Å². The van der Waals surface area contributed by atoms with Gasteiger partial charge in [0.15, 0.2) is 0 Å². The third-order valence-corrected chi connectivity index (χ3v) is 3.54. The van der Waals surface area contributed by atoms with Gasteiger partial charge in [0.25, 0.3) is 0 Å². The molecule has 1 atom stereocenters. The van der Waals surface area contributed by atoms with Crippen LogP contribution < -0.4 is 10.6 Å². The number of hydrogen-bond acceptors (Lipinski definition) is 3. The fourth-order valence-corrected chi connectivity index (χ4v) is 2.82. The zero-order valence-electron chi connectivity index (χ0n) is 11.7. The summed E-state index contributed by atoms with van der Waals surface area (Å²) in [5.41, 5.74) is 6.90. The van der Waals surface area contributed by atoms with Gasteiger partial charge in [0, 0.05) is 28.2 Å². The maximum Gasteiger partial charge on any atom is 0.414 e. The molecular weight excluding hydrogens is 299 g/mol. The van der Waals surface area contributed by atoms with Gasteiger partial charge in [0.05, 0.1) is 5.69 Å². The van der Waals surface area contributed by atoms with Crippen molar-refractivity contribution in [2.24, 2.45) is 5.73 Å². The first-order valence-corrected chi connectivity index (χ1v) is 7.19. The Morgan fingerprint density at radius 1 is 1.40 bits per heavy atom. The number of ether oxygens (including phenoxy) is 1. The number of nitrogens with two attached hydrogens (primary N) is 1. The zero-order chi connectivity index (χ0) is 15.1. The van der Waals surface area contributed by atoms with Crippen LogP contribution in [0.1, 0.15) is 38.8 Å². The van der Waals surface area contributed by atoms with Crippen LogP contribution >= 0.6 is 23.2 Å². The first-order valence-electron chi connectivity index (χ1n) is 6.44. The zero-order valence-corrected chi connectivity index (χ0v) is 13.3. The molecule has 6 heteroatoms. The number of carbonyl (C=O) groups is 1. The van der Waals surface area contributed by atoms with Crippen molar-refractivity contribution in [3.05, 3.63) is 27.7 Å². The average molecular weight is 317 g/mol. The van der Waals surface area contributed by atoms with E-state index in [-0.39, 0.29) is 6.04 Å². The highest BCUT2D eigenvalue weighted by Crippen LogP contribution is 2.40. The fourth-order valence-electron chi connectivity index (χ4n) is 2.20. The minimum atomic E-state index is -0.556. The molecule has 0 saturated heterocycles. The number of fused-ring (bicyclic) bond motifs is 1. The SMILES string of the molecule is CC(C)(C)OC(=O)N1CC[C@@H](N)c2c(Cl)cc(Cl)cc21. The molecule has 0 spiro atoms. The summed E-state index contributed by atoms with van der Waals surface area (Å²) in [6, 6.07) is 3.14. The van der Waals surface area contributed by atoms with Crippen LogP contribution in [-0.2, 0) is 4.74 Å². The summed E-state index contributed by atoms with van der Waals surface area (Å²) in [4.78, 5) is 13.8. The van der Waals surface area contributed by atoms with Crippen LogP contribution in [0.25, 0.3) is 0 Å². The van der Waals surface area contributed by atoms with Gasteiger partial charge in [0.1, 0.15) is 5.60 Å². The van der Waals surface area contributed by atoms with E-state index in [1.54, 1.807) is 17.0 Å². The number of halogens is 2. The monoisotopic (exact) mass is 316 g/mol. The minimum absolute atomic E-state index is 0.201. The van der Waals surface area contributed by atoms with Gasteiger partial charge < -0.3 is 10.5 Å². The summed E-state index contributed by atoms with van der Waals surface area (Å²) in [7, 11) is 0. The van der Waals surface area contributed by atoms with Gasteiger partial charge in [-0.25, -0.2) is 4.79 Å². The molecule has 0 aliphatic carbocycles. The van der Waals surface area contributed by atoms with E-state index in [9.17, 15) is 4.79 Å². The lowest BCUT2D eigenvalue weighted by molar-refractivity contribution is 0.0576. The molecule has 1 heterocycles. The molecule has 1 aromatic rings. The first kappa shape index (κ1) is 15.4. The Morgan fingerprint density at radius 2 is 2.05 bits per heavy atom. The molecular formula is C14H18Cl2N2O2. The Morgan fingerprint density at radius 3 is 2.65 bits per heavy atom. The van der Waals surface area contributed by atoms with E-state index in [0.717, 1.165) is 5.56 Å². The maximum absolute atomic E-state index is 12.3. The van der Waals surface area contributed by atoms with Gasteiger partial charge in [-0.05, 0) is 39.3 Å². The van der Waals surface area contributed by atoms with Crippen molar-refractivity contribution >= 4 is 35.0 Å². The van der Waals surface area contributed by atoms with Crippen LogP contribution in [0.4, 0.5) is 10.5 Å². The fraction of sp³-hybridized carbons (Fsp3) is 0.500. The Hall–Kier alpha value is -0.970. The van der Waals surface area contributed by atoms with Crippen molar-refractivity contribution < 1.29 is 9.53 Å². The van der Waals surface area contributed by atoms with Crippen LogP contribution in [0, 0.1) is 0 Å². The third-order valence-electron chi connectivity index (χ3n) is 3.01. The van der Waals surface area contributed by atoms with Crippen molar-refractivity contribution in [1.82, 2.24) is 0 Å². The number of benzene rings is 1. The van der Waals surface area contributed by atoms with Crippen molar-refractivity contribution in [2.75, 3.05) is 11.4 Å². The number of carbonyl (C=O) groups excluding carboxylic acids is 1. The lowest BCUT2D eigenvalue weighted by atomic mass is 9.97. The van der Waals surface area contributed by atoms with Crippen LogP contribution in [0.2, 0.25) is 10.0 Å². The number of hydrogen-bond donors (Lipinski definition) is 1. The van der Waals surface area contributed by atoms with E-state index in [4.69, 9.17) is 33.7 Å². The number of nitrogens with zero attached hydrogens (tertiary/aromatic N) is 1. The molecule has 0 aromatic heterocycles. The molecule has 0 radical (unpaired) electrons. The van der Waals surface area contributed by atoms with Gasteiger partial charge >= 0.3 is 6.09 Å². The van der Waals surface area contributed by atoms with E-state index in [1.165, 1.54) is 0 Å². The van der Waals surface area contributed by atoms with E-state index >= 15 is 0 Å². The van der Waals surface area contributed by atoms with Crippen molar-refractivity contribution in [1.29, 1.82) is 0 Å². The molecule has 0 unspecified atom stereocenters. The summed E-state index contributed by atoms with van der Waals surface area (Å²) in [5.74, 6) is 0. The summed E-state index contributed by atoms with van der Waals surface area (Å²) >= 11 is 12.2. The van der Waals surface area contributed by atoms with Crippen LogP contribution in [0.5, 0.6) is 0 Å². The first-order chi connectivity index (χ1) is 9.19. The quantitative estimate of drug-likeness (QED) is 0.782. The normalized spacial score (nSPS) is 18.7. The standard InChI is InChI=1S/C14H18Cl2N2O2/c1-14(2,3)20-13(19)18-5-4-10(17)12-9(16)6-8(15)7-11(12)18/h6-7,10H,4-5,17H2,1-3H3/t10-/m1/s1. The molecule has 0 fully saturated rings. The highest BCUT2D eigenvalue weighted by molar-refractivity contribution is 6.35. The Bertz CT molecular complexity index is 541. The molecule has 2 N–H and O–H groups in total. The predicted molar refractivity (Wildman–Crippen MR) is 81.6 cm³/mol. The van der Waals surface area contributed by atoms with Crippen LogP contribution in [0.15, 0.2) is 12.1 Å². The summed E-state index contributed by atoms with van der Waals surface area (Å²) in [6.07, 6.45) is 0.220. The second-order valence-electron chi connectivity index (χ2n) is 5.85. The smallest absolute Gasteiger partial charge is 0.414 e. The highest BCUT2D eigenvalue weighted by Gasteiger charge is 2.31. The number of anilines is 1. The van der Waals surface area contributed by atoms with Gasteiger partial charge in [-0.2, -0.15) is 0 Å². The molecule has 1 aromatic carbocycles. The maximum atomic E-state index is 12.3. The predicted octanol–water partition coefficient (Wildman–Crippen LogP) is 4.14. The molecule has 2 rings (SSSR count). The van der Waals surface area contributed by atoms with E-state index in [1.807, 2.05) is 20.8 Å². The lowest BCUT2D eigenvalue weighted by Gasteiger charge is -2.34. The third kappa shape index (κ3) is 3.19. The average Bonchev–Trinajstić information content (AvgIpc) is 2.25. The summed E-state index contributed by atoms with van der Waals surface area (Å²) in [6.45, 7) is 5.96. The van der Waals surface area contributed by atoms with Gasteiger partial charge in [-0.3, -0.25) is 4.90 Å². The Balaban J connectivity index is 2.41. The van der Waals surface area contributed by atoms with Crippen LogP contribution in [-0.4, -0.2) is 18.2 Å². The second-order valence-corrected chi connectivity index (χ2v) is 6.69. The largest absolute Gasteiger partial charge is 0.443 e. The molecule has 1 amide bonds.